The van der Waals surface area contributed by atoms with Crippen LogP contribution in [0.5, 0.6) is 5.75 Å². The van der Waals surface area contributed by atoms with Gasteiger partial charge >= 0.3 is 0 Å². The van der Waals surface area contributed by atoms with Crippen molar-refractivity contribution in [1.29, 1.82) is 0 Å². The van der Waals surface area contributed by atoms with Gasteiger partial charge in [0.25, 0.3) is 0 Å². The molecule has 3 rings (SSSR count). The Balaban J connectivity index is 2.03. The predicted octanol–water partition coefficient (Wildman–Crippen LogP) is 4.45. The lowest BCUT2D eigenvalue weighted by atomic mass is 10.2. The number of phenolic OH excluding ortho intramolecular Hbond substituents is 1. The van der Waals surface area contributed by atoms with Crippen LogP contribution in [0, 0.1) is 0 Å². The molecule has 106 valence electrons. The van der Waals surface area contributed by atoms with Gasteiger partial charge in [-0.15, -0.1) is 0 Å². The van der Waals surface area contributed by atoms with E-state index in [2.05, 4.69) is 25.9 Å². The smallest absolute Gasteiger partial charge is 0.230 e. The zero-order valence-corrected chi connectivity index (χ0v) is 13.4. The van der Waals surface area contributed by atoms with E-state index in [1.54, 1.807) is 18.3 Å². The molecule has 0 radical (unpaired) electrons. The molecule has 0 aliphatic heterocycles. The fourth-order valence-corrected chi connectivity index (χ4v) is 2.55. The lowest BCUT2D eigenvalue weighted by molar-refractivity contribution is 0.474. The number of phenols is 1. The number of hydrogen-bond acceptors (Lipinski definition) is 3. The van der Waals surface area contributed by atoms with Crippen LogP contribution in [-0.4, -0.2) is 20.9 Å². The molecule has 2 aromatic carbocycles. The fourth-order valence-electron chi connectivity index (χ4n) is 2.02. The number of aromatic hydroxyl groups is 1. The molecule has 0 bridgehead atoms. The number of halogens is 2. The van der Waals surface area contributed by atoms with E-state index >= 15 is 0 Å². The largest absolute Gasteiger partial charge is 0.507 e. The highest BCUT2D eigenvalue weighted by Crippen LogP contribution is 2.25. The molecule has 1 N–H and O–H groups in total. The summed E-state index contributed by atoms with van der Waals surface area (Å²) in [7, 11) is 1.90. The number of fused-ring (bicyclic) bond motifs is 1. The van der Waals surface area contributed by atoms with Crippen LogP contribution in [0.15, 0.2) is 45.9 Å². The van der Waals surface area contributed by atoms with Gasteiger partial charge in [-0.25, -0.2) is 9.98 Å². The molecular weight excluding hydrogens is 354 g/mol. The first-order chi connectivity index (χ1) is 10.0. The summed E-state index contributed by atoms with van der Waals surface area (Å²) in [5.41, 5.74) is 2.39. The number of nitrogens with zero attached hydrogens (tertiary/aromatic N) is 3. The van der Waals surface area contributed by atoms with Gasteiger partial charge < -0.3 is 9.67 Å². The van der Waals surface area contributed by atoms with E-state index in [1.165, 1.54) is 6.07 Å². The predicted molar refractivity (Wildman–Crippen MR) is 88.8 cm³/mol. The average Bonchev–Trinajstić information content (AvgIpc) is 2.76. The SMILES string of the molecule is Cn1c(N=Cc2cc(Cl)ccc2O)nc2ccc(Br)cc21. The van der Waals surface area contributed by atoms with E-state index in [-0.39, 0.29) is 5.75 Å². The van der Waals surface area contributed by atoms with Crippen LogP contribution in [0.4, 0.5) is 5.95 Å². The summed E-state index contributed by atoms with van der Waals surface area (Å²) in [6, 6.07) is 10.7. The maximum absolute atomic E-state index is 9.78. The third-order valence-corrected chi connectivity index (χ3v) is 3.86. The van der Waals surface area contributed by atoms with Crippen LogP contribution in [0.2, 0.25) is 5.02 Å². The van der Waals surface area contributed by atoms with Gasteiger partial charge in [0.2, 0.25) is 5.95 Å². The van der Waals surface area contributed by atoms with Gasteiger partial charge in [0.15, 0.2) is 0 Å². The minimum Gasteiger partial charge on any atom is -0.507 e. The zero-order valence-electron chi connectivity index (χ0n) is 11.1. The molecule has 0 atom stereocenters. The Hall–Kier alpha value is -1.85. The molecule has 0 aliphatic rings. The molecule has 0 fully saturated rings. The number of benzene rings is 2. The molecule has 4 nitrogen and oxygen atoms in total. The summed E-state index contributed by atoms with van der Waals surface area (Å²) in [6.07, 6.45) is 1.55. The summed E-state index contributed by atoms with van der Waals surface area (Å²) in [5.74, 6) is 0.687. The van der Waals surface area contributed by atoms with Gasteiger partial charge in [0.05, 0.1) is 11.0 Å². The Morgan fingerprint density at radius 3 is 2.90 bits per heavy atom. The third kappa shape index (κ3) is 2.80. The Bertz CT molecular complexity index is 857. The van der Waals surface area contributed by atoms with E-state index in [0.717, 1.165) is 15.5 Å². The third-order valence-electron chi connectivity index (χ3n) is 3.13. The molecule has 0 unspecified atom stereocenters. The molecule has 3 aromatic rings. The molecule has 21 heavy (non-hydrogen) atoms. The van der Waals surface area contributed by atoms with Crippen molar-refractivity contribution in [3.63, 3.8) is 0 Å². The first kappa shape index (κ1) is 14.1. The van der Waals surface area contributed by atoms with Gasteiger partial charge in [0.1, 0.15) is 5.75 Å². The topological polar surface area (TPSA) is 50.4 Å². The summed E-state index contributed by atoms with van der Waals surface area (Å²) in [6.45, 7) is 0. The van der Waals surface area contributed by atoms with E-state index in [0.29, 0.717) is 16.5 Å². The number of aliphatic imine (C=N–C) groups is 1. The zero-order chi connectivity index (χ0) is 15.0. The van der Waals surface area contributed by atoms with Crippen molar-refractivity contribution in [2.45, 2.75) is 0 Å². The lowest BCUT2D eigenvalue weighted by Crippen LogP contribution is -1.88. The van der Waals surface area contributed by atoms with Gasteiger partial charge in [-0.05, 0) is 36.4 Å². The van der Waals surface area contributed by atoms with Crippen molar-refractivity contribution < 1.29 is 5.11 Å². The summed E-state index contributed by atoms with van der Waals surface area (Å²) >= 11 is 9.35. The summed E-state index contributed by atoms with van der Waals surface area (Å²) in [4.78, 5) is 8.79. The highest BCUT2D eigenvalue weighted by Gasteiger charge is 2.07. The summed E-state index contributed by atoms with van der Waals surface area (Å²) in [5, 5.41) is 10.3. The Morgan fingerprint density at radius 1 is 1.29 bits per heavy atom. The van der Waals surface area contributed by atoms with E-state index < -0.39 is 0 Å². The van der Waals surface area contributed by atoms with Crippen LogP contribution in [0.3, 0.4) is 0 Å². The standard InChI is InChI=1S/C15H11BrClN3O/c1-20-13-7-10(16)2-4-12(13)19-15(20)18-8-9-6-11(17)3-5-14(9)21/h2-8,21H,1H3. The first-order valence-electron chi connectivity index (χ1n) is 6.19. The molecule has 6 heteroatoms. The van der Waals surface area contributed by atoms with Crippen LogP contribution >= 0.6 is 27.5 Å². The number of hydrogen-bond donors (Lipinski definition) is 1. The molecule has 0 spiro atoms. The van der Waals surface area contributed by atoms with Crippen molar-refractivity contribution in [3.05, 3.63) is 51.5 Å². The van der Waals surface area contributed by atoms with Crippen LogP contribution in [0.25, 0.3) is 11.0 Å². The maximum atomic E-state index is 9.78. The Kier molecular flexibility index (Phi) is 3.69. The minimum atomic E-state index is 0.129. The summed E-state index contributed by atoms with van der Waals surface area (Å²) < 4.78 is 2.87. The molecular formula is C15H11BrClN3O. The van der Waals surface area contributed by atoms with Gasteiger partial charge in [-0.1, -0.05) is 27.5 Å². The van der Waals surface area contributed by atoms with Crippen molar-refractivity contribution in [2.75, 3.05) is 0 Å². The molecule has 0 saturated heterocycles. The second-order valence-corrected chi connectivity index (χ2v) is 5.92. The number of rotatable bonds is 2. The monoisotopic (exact) mass is 363 g/mol. The second-order valence-electron chi connectivity index (χ2n) is 4.57. The number of aryl methyl sites for hydroxylation is 1. The van der Waals surface area contributed by atoms with Crippen molar-refractivity contribution in [3.8, 4) is 5.75 Å². The Labute approximate surface area is 134 Å². The molecule has 1 aromatic heterocycles. The first-order valence-corrected chi connectivity index (χ1v) is 7.36. The molecule has 0 amide bonds. The Morgan fingerprint density at radius 2 is 2.10 bits per heavy atom. The highest BCUT2D eigenvalue weighted by atomic mass is 79.9. The fraction of sp³-hybridized carbons (Fsp3) is 0.0667. The average molecular weight is 365 g/mol. The number of imidazole rings is 1. The highest BCUT2D eigenvalue weighted by molar-refractivity contribution is 9.10. The van der Waals surface area contributed by atoms with Crippen LogP contribution < -0.4 is 0 Å². The normalized spacial score (nSPS) is 11.6. The van der Waals surface area contributed by atoms with Gasteiger partial charge in [0, 0.05) is 28.3 Å². The van der Waals surface area contributed by atoms with Crippen LogP contribution in [0.1, 0.15) is 5.56 Å². The maximum Gasteiger partial charge on any atom is 0.230 e. The minimum absolute atomic E-state index is 0.129. The van der Waals surface area contributed by atoms with Crippen molar-refractivity contribution >= 4 is 50.7 Å². The molecule has 0 aliphatic carbocycles. The van der Waals surface area contributed by atoms with E-state index in [4.69, 9.17) is 11.6 Å². The second kappa shape index (κ2) is 5.50. The van der Waals surface area contributed by atoms with E-state index in [1.807, 2.05) is 29.8 Å². The quantitative estimate of drug-likeness (QED) is 0.683. The molecule has 1 heterocycles. The van der Waals surface area contributed by atoms with Gasteiger partial charge in [-0.2, -0.15) is 0 Å². The van der Waals surface area contributed by atoms with E-state index in [9.17, 15) is 5.11 Å². The van der Waals surface area contributed by atoms with Crippen molar-refractivity contribution in [2.24, 2.45) is 12.0 Å². The van der Waals surface area contributed by atoms with Gasteiger partial charge in [-0.3, -0.25) is 0 Å². The number of aromatic nitrogens is 2. The lowest BCUT2D eigenvalue weighted by Gasteiger charge is -1.99. The van der Waals surface area contributed by atoms with Crippen molar-refractivity contribution in [1.82, 2.24) is 9.55 Å². The molecule has 0 saturated carbocycles. The van der Waals surface area contributed by atoms with Crippen LogP contribution in [-0.2, 0) is 7.05 Å².